The number of amides is 1. The first-order valence-corrected chi connectivity index (χ1v) is 10.3. The zero-order valence-electron chi connectivity index (χ0n) is 16.5. The molecule has 2 rings (SSSR count). The molecule has 1 amide bonds. The quantitative estimate of drug-likeness (QED) is 0.540. The molecular formula is C17H26BFN2O6S. The second-order valence-corrected chi connectivity index (χ2v) is 9.17. The average Bonchev–Trinajstić information content (AvgIpc) is 2.54. The second-order valence-electron chi connectivity index (χ2n) is 7.86. The largest absolute Gasteiger partial charge is 0.488 e. The maximum Gasteiger partial charge on any atom is 0.488 e. The van der Waals surface area contributed by atoms with Crippen LogP contribution < -0.4 is 5.46 Å². The van der Waals surface area contributed by atoms with Crippen molar-refractivity contribution >= 4 is 28.9 Å². The maximum atomic E-state index is 13.6. The Morgan fingerprint density at radius 2 is 1.79 bits per heavy atom. The third-order valence-corrected chi connectivity index (χ3v) is 5.42. The van der Waals surface area contributed by atoms with E-state index in [1.807, 2.05) is 4.90 Å². The summed E-state index contributed by atoms with van der Waals surface area (Å²) in [4.78, 5) is 15.1. The Balaban J connectivity index is 2.13. The molecule has 0 spiro atoms. The summed E-state index contributed by atoms with van der Waals surface area (Å²) in [6.07, 6.45) is -0.389. The molecule has 0 atom stereocenters. The van der Waals surface area contributed by atoms with Crippen molar-refractivity contribution in [1.82, 2.24) is 9.80 Å². The molecule has 11 heteroatoms. The first-order chi connectivity index (χ1) is 12.8. The monoisotopic (exact) mass is 416 g/mol. The van der Waals surface area contributed by atoms with Gasteiger partial charge in [0, 0.05) is 32.7 Å². The van der Waals surface area contributed by atoms with Gasteiger partial charge in [-0.25, -0.2) is 4.79 Å². The summed E-state index contributed by atoms with van der Waals surface area (Å²) in [7, 11) is -6.91. The van der Waals surface area contributed by atoms with Gasteiger partial charge in [-0.15, -0.1) is 3.89 Å². The topological polar surface area (TPSA) is 107 Å². The minimum Gasteiger partial charge on any atom is -0.444 e. The molecule has 0 aromatic heterocycles. The number of hydrogen-bond acceptors (Lipinski definition) is 7. The summed E-state index contributed by atoms with van der Waals surface area (Å²) >= 11 is 0. The lowest BCUT2D eigenvalue weighted by Crippen LogP contribution is -2.49. The Morgan fingerprint density at radius 1 is 1.21 bits per heavy atom. The molecule has 28 heavy (non-hydrogen) atoms. The summed E-state index contributed by atoms with van der Waals surface area (Å²) in [5.74, 6) is 0. The van der Waals surface area contributed by atoms with Crippen molar-refractivity contribution in [2.45, 2.75) is 44.7 Å². The minimum absolute atomic E-state index is 0.0933. The standard InChI is InChI=1S/C17H26BFN2O6S/c1-12-13(9-14(18(23)24)10-15(12)28(19,25)26)11-20-5-7-21(8-6-20)16(22)27-17(2,3)4/h9-10,23-24H,5-8,11H2,1-4H3. The van der Waals surface area contributed by atoms with Crippen molar-refractivity contribution in [3.05, 3.63) is 23.3 Å². The molecule has 0 aliphatic carbocycles. The summed E-state index contributed by atoms with van der Waals surface area (Å²) in [6, 6.07) is 2.38. The van der Waals surface area contributed by atoms with Gasteiger partial charge in [0.05, 0.1) is 0 Å². The van der Waals surface area contributed by atoms with Gasteiger partial charge in [-0.3, -0.25) is 4.90 Å². The molecule has 1 aliphatic rings. The van der Waals surface area contributed by atoms with Crippen LogP contribution in [-0.4, -0.2) is 73.3 Å². The molecule has 1 fully saturated rings. The lowest BCUT2D eigenvalue weighted by atomic mass is 9.79. The molecule has 1 heterocycles. The fourth-order valence-corrected chi connectivity index (χ4v) is 3.77. The van der Waals surface area contributed by atoms with Gasteiger partial charge in [0.25, 0.3) is 0 Å². The van der Waals surface area contributed by atoms with Gasteiger partial charge in [-0.05, 0) is 50.4 Å². The molecule has 1 aromatic carbocycles. The first-order valence-electron chi connectivity index (χ1n) is 8.92. The Bertz CT molecular complexity index is 833. The summed E-state index contributed by atoms with van der Waals surface area (Å²) in [6.45, 7) is 9.05. The maximum absolute atomic E-state index is 13.6. The van der Waals surface area contributed by atoms with E-state index in [0.29, 0.717) is 31.7 Å². The number of rotatable bonds is 4. The van der Waals surface area contributed by atoms with E-state index in [-0.39, 0.29) is 23.7 Å². The first kappa shape index (κ1) is 22.6. The number of nitrogens with zero attached hydrogens (tertiary/aromatic N) is 2. The highest BCUT2D eigenvalue weighted by Crippen LogP contribution is 2.22. The highest BCUT2D eigenvalue weighted by molar-refractivity contribution is 7.86. The number of carbonyl (C=O) groups is 1. The number of ether oxygens (including phenoxy) is 1. The van der Waals surface area contributed by atoms with E-state index in [1.165, 1.54) is 13.0 Å². The number of halogens is 1. The highest BCUT2D eigenvalue weighted by Gasteiger charge is 2.27. The molecule has 1 saturated heterocycles. The van der Waals surface area contributed by atoms with Crippen LogP contribution in [0.2, 0.25) is 0 Å². The molecule has 0 bridgehead atoms. The van der Waals surface area contributed by atoms with Gasteiger partial charge < -0.3 is 19.7 Å². The number of carbonyl (C=O) groups excluding carboxylic acids is 1. The molecule has 1 aromatic rings. The molecule has 0 unspecified atom stereocenters. The van der Waals surface area contributed by atoms with Crippen LogP contribution in [0.5, 0.6) is 0 Å². The molecule has 0 radical (unpaired) electrons. The summed E-state index contributed by atoms with van der Waals surface area (Å²) in [5, 5.41) is 18.8. The molecule has 2 N–H and O–H groups in total. The van der Waals surface area contributed by atoms with E-state index < -0.39 is 27.8 Å². The summed E-state index contributed by atoms with van der Waals surface area (Å²) in [5.41, 5.74) is 0.0313. The normalized spacial score (nSPS) is 16.2. The van der Waals surface area contributed by atoms with E-state index in [2.05, 4.69) is 0 Å². The lowest BCUT2D eigenvalue weighted by molar-refractivity contribution is 0.0138. The number of hydrogen-bond donors (Lipinski definition) is 2. The predicted molar refractivity (Wildman–Crippen MR) is 102 cm³/mol. The number of benzene rings is 1. The van der Waals surface area contributed by atoms with E-state index in [9.17, 15) is 27.1 Å². The predicted octanol–water partition coefficient (Wildman–Crippen LogP) is 0.386. The highest BCUT2D eigenvalue weighted by atomic mass is 32.3. The van der Waals surface area contributed by atoms with Gasteiger partial charge in [0.15, 0.2) is 0 Å². The zero-order chi connectivity index (χ0) is 21.3. The van der Waals surface area contributed by atoms with Crippen LogP contribution in [0.1, 0.15) is 31.9 Å². The Kier molecular flexibility index (Phi) is 6.75. The average molecular weight is 416 g/mol. The van der Waals surface area contributed by atoms with E-state index in [1.54, 1.807) is 25.7 Å². The third kappa shape index (κ3) is 5.90. The van der Waals surface area contributed by atoms with Crippen molar-refractivity contribution < 1.29 is 31.9 Å². The molecule has 1 aliphatic heterocycles. The van der Waals surface area contributed by atoms with Crippen molar-refractivity contribution in [2.24, 2.45) is 0 Å². The van der Waals surface area contributed by atoms with Crippen LogP contribution in [0, 0.1) is 6.92 Å². The Labute approximate surface area is 165 Å². The zero-order valence-corrected chi connectivity index (χ0v) is 17.3. The van der Waals surface area contributed by atoms with Crippen LogP contribution in [0.25, 0.3) is 0 Å². The molecule has 0 saturated carbocycles. The summed E-state index contributed by atoms with van der Waals surface area (Å²) < 4.78 is 41.8. The van der Waals surface area contributed by atoms with Crippen LogP contribution in [0.3, 0.4) is 0 Å². The Hall–Kier alpha value is -1.69. The second kappa shape index (κ2) is 8.36. The van der Waals surface area contributed by atoms with E-state index >= 15 is 0 Å². The van der Waals surface area contributed by atoms with E-state index in [0.717, 1.165) is 6.07 Å². The Morgan fingerprint density at radius 3 is 2.25 bits per heavy atom. The lowest BCUT2D eigenvalue weighted by Gasteiger charge is -2.35. The van der Waals surface area contributed by atoms with Gasteiger partial charge in [-0.2, -0.15) is 8.42 Å². The number of piperazine rings is 1. The van der Waals surface area contributed by atoms with Gasteiger partial charge in [-0.1, -0.05) is 6.07 Å². The SMILES string of the molecule is Cc1c(CN2CCN(C(=O)OC(C)(C)C)CC2)cc(B(O)O)cc1S(=O)(=O)F. The fraction of sp³-hybridized carbons (Fsp3) is 0.588. The van der Waals surface area contributed by atoms with Crippen molar-refractivity contribution in [3.8, 4) is 0 Å². The van der Waals surface area contributed by atoms with Gasteiger partial charge >= 0.3 is 23.4 Å². The smallest absolute Gasteiger partial charge is 0.444 e. The van der Waals surface area contributed by atoms with Crippen LogP contribution in [0.15, 0.2) is 17.0 Å². The van der Waals surface area contributed by atoms with Crippen LogP contribution >= 0.6 is 0 Å². The van der Waals surface area contributed by atoms with Gasteiger partial charge in [0.1, 0.15) is 10.5 Å². The van der Waals surface area contributed by atoms with Crippen molar-refractivity contribution in [3.63, 3.8) is 0 Å². The van der Waals surface area contributed by atoms with E-state index in [4.69, 9.17) is 4.74 Å². The third-order valence-electron chi connectivity index (χ3n) is 4.47. The van der Waals surface area contributed by atoms with Gasteiger partial charge in [0.2, 0.25) is 0 Å². The van der Waals surface area contributed by atoms with Crippen LogP contribution in [0.4, 0.5) is 8.68 Å². The molecule has 8 nitrogen and oxygen atoms in total. The van der Waals surface area contributed by atoms with Crippen LogP contribution in [-0.2, 0) is 21.5 Å². The van der Waals surface area contributed by atoms with Crippen molar-refractivity contribution in [2.75, 3.05) is 26.2 Å². The minimum atomic E-state index is -5.00. The van der Waals surface area contributed by atoms with Crippen molar-refractivity contribution in [1.29, 1.82) is 0 Å². The molecular weight excluding hydrogens is 390 g/mol. The fourth-order valence-electron chi connectivity index (χ4n) is 2.99. The molecule has 156 valence electrons.